The van der Waals surface area contributed by atoms with Crippen LogP contribution in [0.4, 0.5) is 23.2 Å². The van der Waals surface area contributed by atoms with Crippen molar-refractivity contribution in [1.82, 2.24) is 0 Å². The molecule has 0 aliphatic carbocycles. The first-order valence-electron chi connectivity index (χ1n) is 9.66. The molecule has 0 saturated heterocycles. The SMILES string of the molecule is O=S(=O)(c1cccc(C(F)(F)F)c1)N1CCOc2ccc(C=Cc3c(F)cccc3Cl)cc21. The van der Waals surface area contributed by atoms with Crippen LogP contribution in [0.25, 0.3) is 12.2 Å². The van der Waals surface area contributed by atoms with Gasteiger partial charge in [-0.2, -0.15) is 13.2 Å². The highest BCUT2D eigenvalue weighted by molar-refractivity contribution is 7.92. The Morgan fingerprint density at radius 2 is 1.76 bits per heavy atom. The van der Waals surface area contributed by atoms with Crippen LogP contribution in [0.1, 0.15) is 16.7 Å². The van der Waals surface area contributed by atoms with Crippen molar-refractivity contribution in [3.05, 3.63) is 88.2 Å². The van der Waals surface area contributed by atoms with E-state index in [1.54, 1.807) is 18.2 Å². The van der Waals surface area contributed by atoms with Gasteiger partial charge in [0.15, 0.2) is 0 Å². The summed E-state index contributed by atoms with van der Waals surface area (Å²) in [6, 6.07) is 12.5. The number of anilines is 1. The summed E-state index contributed by atoms with van der Waals surface area (Å²) in [6.45, 7) is -0.0525. The lowest BCUT2D eigenvalue weighted by atomic mass is 10.1. The molecule has 0 saturated carbocycles. The van der Waals surface area contributed by atoms with Gasteiger partial charge in [-0.05, 0) is 54.1 Å². The van der Waals surface area contributed by atoms with Gasteiger partial charge in [0, 0.05) is 5.56 Å². The summed E-state index contributed by atoms with van der Waals surface area (Å²) in [5, 5.41) is 0.210. The predicted octanol–water partition coefficient (Wildman–Crippen LogP) is 6.26. The molecule has 1 heterocycles. The Bertz CT molecular complexity index is 1320. The second kappa shape index (κ2) is 8.72. The molecule has 0 radical (unpaired) electrons. The normalized spacial score (nSPS) is 14.3. The second-order valence-corrected chi connectivity index (χ2v) is 9.42. The molecule has 172 valence electrons. The summed E-state index contributed by atoms with van der Waals surface area (Å²) in [7, 11) is -4.31. The molecule has 4 rings (SSSR count). The summed E-state index contributed by atoms with van der Waals surface area (Å²) in [5.74, 6) is -0.258. The lowest BCUT2D eigenvalue weighted by Crippen LogP contribution is -2.38. The first-order chi connectivity index (χ1) is 15.6. The minimum Gasteiger partial charge on any atom is -0.489 e. The van der Waals surface area contributed by atoms with E-state index < -0.39 is 32.5 Å². The Balaban J connectivity index is 1.72. The molecule has 0 fully saturated rings. The Morgan fingerprint density at radius 1 is 1.00 bits per heavy atom. The van der Waals surface area contributed by atoms with Crippen molar-refractivity contribution < 1.29 is 30.7 Å². The highest BCUT2D eigenvalue weighted by Gasteiger charge is 2.34. The molecule has 4 nitrogen and oxygen atoms in total. The fourth-order valence-corrected chi connectivity index (χ4v) is 5.10. The molecular formula is C23H16ClF4NO3S. The molecule has 3 aromatic carbocycles. The molecule has 1 aliphatic rings. The number of halogens is 5. The van der Waals surface area contributed by atoms with Gasteiger partial charge in [-0.3, -0.25) is 4.31 Å². The van der Waals surface area contributed by atoms with Crippen molar-refractivity contribution in [2.24, 2.45) is 0 Å². The van der Waals surface area contributed by atoms with Crippen LogP contribution in [-0.2, 0) is 16.2 Å². The first-order valence-corrected chi connectivity index (χ1v) is 11.5. The van der Waals surface area contributed by atoms with Gasteiger partial charge in [-0.15, -0.1) is 0 Å². The molecule has 0 unspecified atom stereocenters. The number of rotatable bonds is 4. The average molecular weight is 498 g/mol. The standard InChI is InChI=1S/C23H16ClF4NO3S/c24-19-5-2-6-20(25)18(19)9-7-15-8-10-22-21(13-15)29(11-12-32-22)33(30,31)17-4-1-3-16(14-17)23(26,27)28/h1-10,13-14H,11-12H2. The van der Waals surface area contributed by atoms with Gasteiger partial charge in [0.2, 0.25) is 0 Å². The van der Waals surface area contributed by atoms with Gasteiger partial charge in [0.05, 0.1) is 27.7 Å². The van der Waals surface area contributed by atoms with Crippen LogP contribution in [-0.4, -0.2) is 21.6 Å². The van der Waals surface area contributed by atoms with E-state index >= 15 is 0 Å². The van der Waals surface area contributed by atoms with Gasteiger partial charge < -0.3 is 4.74 Å². The number of nitrogens with zero attached hydrogens (tertiary/aromatic N) is 1. The lowest BCUT2D eigenvalue weighted by Gasteiger charge is -2.31. The lowest BCUT2D eigenvalue weighted by molar-refractivity contribution is -0.137. The highest BCUT2D eigenvalue weighted by Crippen LogP contribution is 2.38. The molecule has 1 aliphatic heterocycles. The zero-order valence-electron chi connectivity index (χ0n) is 16.8. The van der Waals surface area contributed by atoms with Crippen LogP contribution in [0.5, 0.6) is 5.75 Å². The van der Waals surface area contributed by atoms with Crippen molar-refractivity contribution in [3.63, 3.8) is 0 Å². The molecule has 10 heteroatoms. The van der Waals surface area contributed by atoms with Crippen LogP contribution in [0, 0.1) is 5.82 Å². The van der Waals surface area contributed by atoms with E-state index in [2.05, 4.69) is 0 Å². The van der Waals surface area contributed by atoms with Gasteiger partial charge >= 0.3 is 6.18 Å². The maximum absolute atomic E-state index is 14.0. The zero-order valence-corrected chi connectivity index (χ0v) is 18.4. The molecule has 0 N–H and O–H groups in total. The van der Waals surface area contributed by atoms with Crippen LogP contribution >= 0.6 is 11.6 Å². The third-order valence-electron chi connectivity index (χ3n) is 5.00. The van der Waals surface area contributed by atoms with Crippen molar-refractivity contribution in [2.75, 3.05) is 17.5 Å². The summed E-state index contributed by atoms with van der Waals surface area (Å²) in [6.07, 6.45) is -1.68. The number of alkyl halides is 3. The molecule has 33 heavy (non-hydrogen) atoms. The van der Waals surface area contributed by atoms with Gasteiger partial charge in [0.1, 0.15) is 18.2 Å². The second-order valence-electron chi connectivity index (χ2n) is 7.15. The van der Waals surface area contributed by atoms with E-state index in [9.17, 15) is 26.0 Å². The molecule has 0 amide bonds. The fourth-order valence-electron chi connectivity index (χ4n) is 3.37. The van der Waals surface area contributed by atoms with Crippen molar-refractivity contribution in [1.29, 1.82) is 0 Å². The Morgan fingerprint density at radius 3 is 2.48 bits per heavy atom. The molecule has 0 spiro atoms. The minimum absolute atomic E-state index is 0.0329. The molecule has 0 atom stereocenters. The molecule has 0 aromatic heterocycles. The van der Waals surface area contributed by atoms with E-state index in [-0.39, 0.29) is 35.2 Å². The topological polar surface area (TPSA) is 46.6 Å². The number of ether oxygens (including phenoxy) is 1. The fraction of sp³-hybridized carbons (Fsp3) is 0.130. The van der Waals surface area contributed by atoms with E-state index in [1.807, 2.05) is 0 Å². The van der Waals surface area contributed by atoms with Gasteiger partial charge in [0.25, 0.3) is 10.0 Å². The average Bonchev–Trinajstić information content (AvgIpc) is 2.77. The Kier molecular flexibility index (Phi) is 6.11. The third-order valence-corrected chi connectivity index (χ3v) is 7.13. The first kappa shape index (κ1) is 23.1. The molecule has 0 bridgehead atoms. The summed E-state index contributed by atoms with van der Waals surface area (Å²) >= 11 is 6.03. The van der Waals surface area contributed by atoms with Crippen LogP contribution in [0.3, 0.4) is 0 Å². The predicted molar refractivity (Wildman–Crippen MR) is 118 cm³/mol. The molecule has 3 aromatic rings. The maximum Gasteiger partial charge on any atom is 0.416 e. The largest absolute Gasteiger partial charge is 0.489 e. The van der Waals surface area contributed by atoms with E-state index in [1.165, 1.54) is 30.3 Å². The monoisotopic (exact) mass is 497 g/mol. The summed E-state index contributed by atoms with van der Waals surface area (Å²) in [4.78, 5) is -0.482. The van der Waals surface area contributed by atoms with Crippen molar-refractivity contribution >= 4 is 39.5 Å². The number of sulfonamides is 1. The number of fused-ring (bicyclic) bond motifs is 1. The number of benzene rings is 3. The van der Waals surface area contributed by atoms with Crippen molar-refractivity contribution in [2.45, 2.75) is 11.1 Å². The number of hydrogen-bond acceptors (Lipinski definition) is 3. The third kappa shape index (κ3) is 4.69. The van der Waals surface area contributed by atoms with E-state index in [4.69, 9.17) is 16.3 Å². The Hall–Kier alpha value is -3.04. The quantitative estimate of drug-likeness (QED) is 0.316. The van der Waals surface area contributed by atoms with Crippen LogP contribution < -0.4 is 9.04 Å². The number of hydrogen-bond donors (Lipinski definition) is 0. The smallest absolute Gasteiger partial charge is 0.416 e. The van der Waals surface area contributed by atoms with Gasteiger partial charge in [-0.1, -0.05) is 35.9 Å². The van der Waals surface area contributed by atoms with Gasteiger partial charge in [-0.25, -0.2) is 12.8 Å². The zero-order chi connectivity index (χ0) is 23.8. The van der Waals surface area contributed by atoms with E-state index in [0.29, 0.717) is 11.6 Å². The Labute approximate surface area is 192 Å². The maximum atomic E-state index is 14.0. The van der Waals surface area contributed by atoms with Crippen molar-refractivity contribution in [3.8, 4) is 5.75 Å². The summed E-state index contributed by atoms with van der Waals surface area (Å²) < 4.78 is 86.3. The van der Waals surface area contributed by atoms with Crippen LogP contribution in [0.15, 0.2) is 65.6 Å². The van der Waals surface area contributed by atoms with E-state index in [0.717, 1.165) is 22.5 Å². The molecular weight excluding hydrogens is 482 g/mol. The van der Waals surface area contributed by atoms with Crippen LogP contribution in [0.2, 0.25) is 5.02 Å². The highest BCUT2D eigenvalue weighted by atomic mass is 35.5. The summed E-state index contributed by atoms with van der Waals surface area (Å²) in [5.41, 5.74) is -0.208. The minimum atomic E-state index is -4.68.